The molecule has 0 saturated carbocycles. The van der Waals surface area contributed by atoms with E-state index in [1.165, 1.54) is 0 Å². The fourth-order valence-electron chi connectivity index (χ4n) is 2.43. The second kappa shape index (κ2) is 7.40. The van der Waals surface area contributed by atoms with E-state index in [2.05, 4.69) is 10.2 Å². The zero-order valence-corrected chi connectivity index (χ0v) is 13.8. The molecule has 0 spiro atoms. The molecular weight excluding hydrogens is 329 g/mol. The average Bonchev–Trinajstić information content (AvgIpc) is 2.40. The maximum absolute atomic E-state index is 12.3. The number of nitrogens with one attached hydrogen (secondary N) is 1. The fraction of sp³-hybridized carbons (Fsp3) is 0.429. The van der Waals surface area contributed by atoms with Crippen LogP contribution in [-0.4, -0.2) is 41.5 Å². The monoisotopic (exact) mass is 345 g/mol. The maximum Gasteiger partial charge on any atom is 0.254 e. The molecule has 1 heterocycles. The van der Waals surface area contributed by atoms with Crippen molar-refractivity contribution in [3.8, 4) is 0 Å². The van der Waals surface area contributed by atoms with E-state index in [1.54, 1.807) is 18.2 Å². The molecule has 0 aromatic heterocycles. The largest absolute Gasteiger partial charge is 0.392 e. The van der Waals surface area contributed by atoms with E-state index >= 15 is 0 Å². The first-order chi connectivity index (χ1) is 9.97. The molecule has 1 aliphatic rings. The van der Waals surface area contributed by atoms with Gasteiger partial charge in [-0.15, -0.1) is 0 Å². The number of carbonyl (C=O) groups is 1. The highest BCUT2D eigenvalue weighted by molar-refractivity contribution is 7.80. The van der Waals surface area contributed by atoms with Gasteiger partial charge in [-0.25, -0.2) is 0 Å². The van der Waals surface area contributed by atoms with Gasteiger partial charge in [0.2, 0.25) is 0 Å². The molecule has 1 aliphatic heterocycles. The number of amides is 1. The number of likely N-dealkylation sites (tertiary alicyclic amines) is 1. The molecule has 1 fully saturated rings. The molecule has 1 saturated heterocycles. The average molecular weight is 346 g/mol. The third-order valence-corrected chi connectivity index (χ3v) is 4.25. The summed E-state index contributed by atoms with van der Waals surface area (Å²) in [5, 5.41) is 3.73. The predicted molar refractivity (Wildman–Crippen MR) is 90.2 cm³/mol. The Hall–Kier alpha value is -0.880. The summed E-state index contributed by atoms with van der Waals surface area (Å²) in [6, 6.07) is 5.16. The topological polar surface area (TPSA) is 58.4 Å². The van der Waals surface area contributed by atoms with Crippen LogP contribution in [0.1, 0.15) is 23.2 Å². The first kappa shape index (κ1) is 16.5. The summed E-state index contributed by atoms with van der Waals surface area (Å²) in [5.41, 5.74) is 5.88. The van der Waals surface area contributed by atoms with Crippen LogP contribution < -0.4 is 11.1 Å². The minimum Gasteiger partial charge on any atom is -0.392 e. The van der Waals surface area contributed by atoms with Crippen LogP contribution in [0.3, 0.4) is 0 Å². The van der Waals surface area contributed by atoms with Crippen molar-refractivity contribution < 1.29 is 4.79 Å². The van der Waals surface area contributed by atoms with Gasteiger partial charge >= 0.3 is 0 Å². The quantitative estimate of drug-likeness (QED) is 0.823. The summed E-state index contributed by atoms with van der Waals surface area (Å²) in [4.78, 5) is 15.0. The number of carbonyl (C=O) groups excluding carboxylic acids is 1. The van der Waals surface area contributed by atoms with Crippen molar-refractivity contribution in [2.45, 2.75) is 18.9 Å². The van der Waals surface area contributed by atoms with E-state index in [4.69, 9.17) is 41.2 Å². The molecule has 4 nitrogen and oxygen atoms in total. The van der Waals surface area contributed by atoms with Crippen LogP contribution in [0.15, 0.2) is 18.2 Å². The number of halogens is 2. The van der Waals surface area contributed by atoms with Crippen molar-refractivity contribution in [1.29, 1.82) is 0 Å². The first-order valence-electron chi connectivity index (χ1n) is 6.73. The summed E-state index contributed by atoms with van der Waals surface area (Å²) in [7, 11) is 0. The van der Waals surface area contributed by atoms with Gasteiger partial charge in [-0.05, 0) is 25.0 Å². The Kier molecular flexibility index (Phi) is 5.81. The Bertz CT molecular complexity index is 525. The zero-order valence-electron chi connectivity index (χ0n) is 11.4. The summed E-state index contributed by atoms with van der Waals surface area (Å²) < 4.78 is 0. The van der Waals surface area contributed by atoms with E-state index in [1.807, 2.05) is 0 Å². The van der Waals surface area contributed by atoms with Crippen molar-refractivity contribution in [3.63, 3.8) is 0 Å². The Morgan fingerprint density at radius 3 is 2.43 bits per heavy atom. The number of benzene rings is 1. The molecule has 0 aliphatic carbocycles. The van der Waals surface area contributed by atoms with Crippen molar-refractivity contribution in [2.75, 3.05) is 19.6 Å². The van der Waals surface area contributed by atoms with Crippen molar-refractivity contribution >= 4 is 46.3 Å². The number of nitrogens with two attached hydrogens (primary N) is 1. The molecule has 0 atom stereocenters. The zero-order chi connectivity index (χ0) is 15.4. The lowest BCUT2D eigenvalue weighted by Gasteiger charge is -2.32. The standard InChI is InChI=1S/C14H17Cl2N3OS/c15-10-2-1-3-11(16)13(10)14(20)18-9-4-6-19(7-5-9)8-12(17)21/h1-3,9H,4-8H2,(H2,17,21)(H,18,20). The van der Waals surface area contributed by atoms with Crippen LogP contribution in [0.5, 0.6) is 0 Å². The normalized spacial score (nSPS) is 16.7. The smallest absolute Gasteiger partial charge is 0.254 e. The third kappa shape index (κ3) is 4.54. The minimum absolute atomic E-state index is 0.118. The second-order valence-electron chi connectivity index (χ2n) is 5.09. The van der Waals surface area contributed by atoms with Gasteiger partial charge in [-0.2, -0.15) is 0 Å². The summed E-state index contributed by atoms with van der Waals surface area (Å²) in [6.07, 6.45) is 1.72. The first-order valence-corrected chi connectivity index (χ1v) is 7.89. The highest BCUT2D eigenvalue weighted by Gasteiger charge is 2.23. The molecule has 21 heavy (non-hydrogen) atoms. The van der Waals surface area contributed by atoms with Gasteiger partial charge in [-0.1, -0.05) is 41.5 Å². The van der Waals surface area contributed by atoms with Gasteiger partial charge in [0.1, 0.15) is 0 Å². The molecule has 1 amide bonds. The Morgan fingerprint density at radius 2 is 1.90 bits per heavy atom. The third-order valence-electron chi connectivity index (χ3n) is 3.49. The highest BCUT2D eigenvalue weighted by Crippen LogP contribution is 2.24. The molecular formula is C14H17Cl2N3OS. The lowest BCUT2D eigenvalue weighted by molar-refractivity contribution is 0.0915. The molecule has 0 radical (unpaired) electrons. The van der Waals surface area contributed by atoms with E-state index in [9.17, 15) is 4.79 Å². The lowest BCUT2D eigenvalue weighted by atomic mass is 10.0. The number of nitrogens with zero attached hydrogens (tertiary/aromatic N) is 1. The summed E-state index contributed by atoms with van der Waals surface area (Å²) in [5.74, 6) is -0.224. The maximum atomic E-state index is 12.3. The second-order valence-corrected chi connectivity index (χ2v) is 6.43. The van der Waals surface area contributed by atoms with Crippen LogP contribution >= 0.6 is 35.4 Å². The van der Waals surface area contributed by atoms with E-state index < -0.39 is 0 Å². The number of piperidine rings is 1. The minimum atomic E-state index is -0.224. The van der Waals surface area contributed by atoms with Gasteiger partial charge in [0.15, 0.2) is 0 Å². The number of hydrogen-bond donors (Lipinski definition) is 2. The number of rotatable bonds is 4. The molecule has 114 valence electrons. The summed E-state index contributed by atoms with van der Waals surface area (Å²) >= 11 is 17.0. The van der Waals surface area contributed by atoms with Crippen molar-refractivity contribution in [3.05, 3.63) is 33.8 Å². The van der Waals surface area contributed by atoms with E-state index in [0.717, 1.165) is 25.9 Å². The lowest BCUT2D eigenvalue weighted by Crippen LogP contribution is -2.46. The van der Waals surface area contributed by atoms with Gasteiger partial charge in [0.05, 0.1) is 20.6 Å². The van der Waals surface area contributed by atoms with Crippen LogP contribution in [0.4, 0.5) is 0 Å². The molecule has 2 rings (SSSR count). The van der Waals surface area contributed by atoms with Crippen LogP contribution in [-0.2, 0) is 0 Å². The van der Waals surface area contributed by atoms with Gasteiger partial charge in [0, 0.05) is 25.7 Å². The molecule has 0 bridgehead atoms. The van der Waals surface area contributed by atoms with E-state index in [0.29, 0.717) is 27.1 Å². The molecule has 7 heteroatoms. The van der Waals surface area contributed by atoms with Crippen LogP contribution in [0, 0.1) is 0 Å². The van der Waals surface area contributed by atoms with Crippen molar-refractivity contribution in [2.24, 2.45) is 5.73 Å². The highest BCUT2D eigenvalue weighted by atomic mass is 35.5. The van der Waals surface area contributed by atoms with Gasteiger partial charge in [0.25, 0.3) is 5.91 Å². The van der Waals surface area contributed by atoms with Gasteiger partial charge < -0.3 is 11.1 Å². The van der Waals surface area contributed by atoms with Gasteiger partial charge in [-0.3, -0.25) is 9.69 Å². The number of hydrogen-bond acceptors (Lipinski definition) is 3. The molecule has 1 aromatic carbocycles. The molecule has 3 N–H and O–H groups in total. The fourth-order valence-corrected chi connectivity index (χ4v) is 3.18. The Morgan fingerprint density at radius 1 is 1.33 bits per heavy atom. The Labute approximate surface area is 139 Å². The van der Waals surface area contributed by atoms with E-state index in [-0.39, 0.29) is 11.9 Å². The van der Waals surface area contributed by atoms with Crippen LogP contribution in [0.25, 0.3) is 0 Å². The SMILES string of the molecule is NC(=S)CN1CCC(NC(=O)c2c(Cl)cccc2Cl)CC1. The van der Waals surface area contributed by atoms with Crippen molar-refractivity contribution in [1.82, 2.24) is 10.2 Å². The predicted octanol–water partition coefficient (Wildman–Crippen LogP) is 2.47. The van der Waals surface area contributed by atoms with Crippen LogP contribution in [0.2, 0.25) is 10.0 Å². The Balaban J connectivity index is 1.92. The summed E-state index contributed by atoms with van der Waals surface area (Å²) in [6.45, 7) is 2.35. The molecule has 1 aromatic rings. The molecule has 0 unspecified atom stereocenters. The number of thiocarbonyl (C=S) groups is 1.